The molecule has 3 nitrogen and oxygen atoms in total. The fourth-order valence-corrected chi connectivity index (χ4v) is 1.86. The van der Waals surface area contributed by atoms with Crippen molar-refractivity contribution in [1.82, 2.24) is 10.2 Å². The zero-order chi connectivity index (χ0) is 10.3. The number of benzene rings is 1. The van der Waals surface area contributed by atoms with Gasteiger partial charge < -0.3 is 5.11 Å². The van der Waals surface area contributed by atoms with Crippen LogP contribution in [0.5, 0.6) is 0 Å². The second kappa shape index (κ2) is 3.00. The summed E-state index contributed by atoms with van der Waals surface area (Å²) in [6.07, 6.45) is 6.13. The van der Waals surface area contributed by atoms with Crippen molar-refractivity contribution in [3.63, 3.8) is 0 Å². The molecular weight excluding hydrogens is 188 g/mol. The van der Waals surface area contributed by atoms with E-state index in [0.29, 0.717) is 0 Å². The predicted octanol–water partition coefficient (Wildman–Crippen LogP) is 1.70. The van der Waals surface area contributed by atoms with Crippen LogP contribution < -0.4 is 0 Å². The molecular formula is C12H12N2O. The van der Waals surface area contributed by atoms with E-state index in [0.717, 1.165) is 30.0 Å². The van der Waals surface area contributed by atoms with Crippen molar-refractivity contribution >= 4 is 10.8 Å². The Kier molecular flexibility index (Phi) is 1.76. The van der Waals surface area contributed by atoms with E-state index in [1.165, 1.54) is 5.56 Å². The summed E-state index contributed by atoms with van der Waals surface area (Å²) in [6, 6.07) is 6.17. The van der Waals surface area contributed by atoms with Gasteiger partial charge in [-0.3, -0.25) is 0 Å². The third-order valence-electron chi connectivity index (χ3n) is 2.97. The fourth-order valence-electron chi connectivity index (χ4n) is 1.86. The molecule has 0 spiro atoms. The molecule has 1 saturated carbocycles. The van der Waals surface area contributed by atoms with Gasteiger partial charge in [0.1, 0.15) is 0 Å². The Morgan fingerprint density at radius 2 is 1.87 bits per heavy atom. The number of rotatable bonds is 2. The summed E-state index contributed by atoms with van der Waals surface area (Å²) in [4.78, 5) is 0. The molecule has 1 aromatic heterocycles. The molecule has 1 N–H and O–H groups in total. The quantitative estimate of drug-likeness (QED) is 0.802. The van der Waals surface area contributed by atoms with Gasteiger partial charge in [-0.15, -0.1) is 0 Å². The first-order chi connectivity index (χ1) is 7.25. The summed E-state index contributed by atoms with van der Waals surface area (Å²) in [5.74, 6) is 0. The highest BCUT2D eigenvalue weighted by Crippen LogP contribution is 2.38. The minimum atomic E-state index is -0.422. The maximum absolute atomic E-state index is 9.83. The van der Waals surface area contributed by atoms with E-state index in [1.807, 2.05) is 6.07 Å². The SMILES string of the molecule is OC1(Cc2ccc3cnncc3c2)CC1. The van der Waals surface area contributed by atoms with Crippen LogP contribution in [0.4, 0.5) is 0 Å². The molecule has 1 aliphatic rings. The smallest absolute Gasteiger partial charge is 0.0690 e. The van der Waals surface area contributed by atoms with Crippen molar-refractivity contribution in [2.75, 3.05) is 0 Å². The van der Waals surface area contributed by atoms with E-state index >= 15 is 0 Å². The fraction of sp³-hybridized carbons (Fsp3) is 0.333. The Morgan fingerprint density at radius 3 is 2.60 bits per heavy atom. The lowest BCUT2D eigenvalue weighted by molar-refractivity contribution is 0.151. The van der Waals surface area contributed by atoms with Crippen molar-refractivity contribution in [2.24, 2.45) is 0 Å². The summed E-state index contributed by atoms with van der Waals surface area (Å²) in [5, 5.41) is 19.7. The number of hydrogen-bond acceptors (Lipinski definition) is 3. The van der Waals surface area contributed by atoms with Crippen LogP contribution in [0.25, 0.3) is 10.8 Å². The molecule has 1 aliphatic carbocycles. The van der Waals surface area contributed by atoms with Gasteiger partial charge in [-0.1, -0.05) is 12.1 Å². The molecule has 0 saturated heterocycles. The first-order valence-corrected chi connectivity index (χ1v) is 5.17. The van der Waals surface area contributed by atoms with Crippen LogP contribution in [0, 0.1) is 0 Å². The first kappa shape index (κ1) is 8.80. The molecule has 0 amide bonds. The van der Waals surface area contributed by atoms with Crippen LogP contribution in [0.2, 0.25) is 0 Å². The van der Waals surface area contributed by atoms with E-state index in [4.69, 9.17) is 0 Å². The van der Waals surface area contributed by atoms with Gasteiger partial charge in [-0.25, -0.2) is 0 Å². The van der Waals surface area contributed by atoms with Crippen LogP contribution in [0.3, 0.4) is 0 Å². The van der Waals surface area contributed by atoms with Gasteiger partial charge in [-0.2, -0.15) is 10.2 Å². The van der Waals surface area contributed by atoms with Crippen molar-refractivity contribution in [3.8, 4) is 0 Å². The summed E-state index contributed by atoms with van der Waals surface area (Å²) in [5.41, 5.74) is 0.754. The average molecular weight is 200 g/mol. The topological polar surface area (TPSA) is 46.0 Å². The van der Waals surface area contributed by atoms with Crippen LogP contribution in [-0.2, 0) is 6.42 Å². The molecule has 3 heteroatoms. The maximum Gasteiger partial charge on any atom is 0.0690 e. The largest absolute Gasteiger partial charge is 0.390 e. The monoisotopic (exact) mass is 200 g/mol. The average Bonchev–Trinajstić information content (AvgIpc) is 2.96. The highest BCUT2D eigenvalue weighted by Gasteiger charge is 2.39. The molecule has 0 atom stereocenters. The number of fused-ring (bicyclic) bond motifs is 1. The van der Waals surface area contributed by atoms with Gasteiger partial charge in [0.25, 0.3) is 0 Å². The summed E-state index contributed by atoms with van der Waals surface area (Å²) < 4.78 is 0. The second-order valence-corrected chi connectivity index (χ2v) is 4.35. The van der Waals surface area contributed by atoms with Gasteiger partial charge >= 0.3 is 0 Å². The third kappa shape index (κ3) is 1.70. The van der Waals surface area contributed by atoms with Gasteiger partial charge in [0.05, 0.1) is 18.0 Å². The van der Waals surface area contributed by atoms with E-state index in [9.17, 15) is 5.11 Å². The maximum atomic E-state index is 9.83. The molecule has 0 radical (unpaired) electrons. The Morgan fingerprint density at radius 1 is 1.13 bits per heavy atom. The van der Waals surface area contributed by atoms with Crippen molar-refractivity contribution in [1.29, 1.82) is 0 Å². The van der Waals surface area contributed by atoms with E-state index in [-0.39, 0.29) is 0 Å². The lowest BCUT2D eigenvalue weighted by atomic mass is 10.0. The summed E-state index contributed by atoms with van der Waals surface area (Å²) in [6.45, 7) is 0. The second-order valence-electron chi connectivity index (χ2n) is 4.35. The van der Waals surface area contributed by atoms with Gasteiger partial charge in [0.2, 0.25) is 0 Å². The standard InChI is InChI=1S/C12H12N2O/c15-12(3-4-12)6-9-1-2-10-7-13-14-8-11(10)5-9/h1-2,5,7-8,15H,3-4,6H2. The van der Waals surface area contributed by atoms with Crippen LogP contribution >= 0.6 is 0 Å². The zero-order valence-corrected chi connectivity index (χ0v) is 8.35. The molecule has 0 unspecified atom stereocenters. The molecule has 1 aromatic carbocycles. The Bertz CT molecular complexity index is 506. The molecule has 0 bridgehead atoms. The molecule has 76 valence electrons. The lowest BCUT2D eigenvalue weighted by Gasteiger charge is -2.07. The zero-order valence-electron chi connectivity index (χ0n) is 8.35. The minimum absolute atomic E-state index is 0.422. The normalized spacial score (nSPS) is 17.9. The highest BCUT2D eigenvalue weighted by molar-refractivity contribution is 5.81. The van der Waals surface area contributed by atoms with Crippen LogP contribution in [0.15, 0.2) is 30.6 Å². The Labute approximate surface area is 87.8 Å². The highest BCUT2D eigenvalue weighted by atomic mass is 16.3. The number of hydrogen-bond donors (Lipinski definition) is 1. The predicted molar refractivity (Wildman–Crippen MR) is 57.4 cm³/mol. The van der Waals surface area contributed by atoms with E-state index in [1.54, 1.807) is 12.4 Å². The van der Waals surface area contributed by atoms with Crippen LogP contribution in [0.1, 0.15) is 18.4 Å². The Balaban J connectivity index is 1.99. The number of nitrogens with zero attached hydrogens (tertiary/aromatic N) is 2. The molecule has 1 heterocycles. The van der Waals surface area contributed by atoms with E-state index in [2.05, 4.69) is 22.3 Å². The summed E-state index contributed by atoms with van der Waals surface area (Å²) >= 11 is 0. The Hall–Kier alpha value is -1.48. The molecule has 0 aliphatic heterocycles. The van der Waals surface area contributed by atoms with Crippen molar-refractivity contribution in [3.05, 3.63) is 36.2 Å². The van der Waals surface area contributed by atoms with Crippen molar-refractivity contribution < 1.29 is 5.11 Å². The van der Waals surface area contributed by atoms with E-state index < -0.39 is 5.60 Å². The summed E-state index contributed by atoms with van der Waals surface area (Å²) in [7, 11) is 0. The van der Waals surface area contributed by atoms with Gasteiger partial charge in [0.15, 0.2) is 0 Å². The van der Waals surface area contributed by atoms with Crippen molar-refractivity contribution in [2.45, 2.75) is 24.9 Å². The molecule has 1 fully saturated rings. The number of aromatic nitrogens is 2. The van der Waals surface area contributed by atoms with Crippen LogP contribution in [-0.4, -0.2) is 20.9 Å². The molecule has 2 aromatic rings. The van der Waals surface area contributed by atoms with Gasteiger partial charge in [0, 0.05) is 17.2 Å². The minimum Gasteiger partial charge on any atom is -0.390 e. The molecule has 15 heavy (non-hydrogen) atoms. The lowest BCUT2D eigenvalue weighted by Crippen LogP contribution is -2.10. The van der Waals surface area contributed by atoms with Gasteiger partial charge in [-0.05, 0) is 24.5 Å². The molecule has 3 rings (SSSR count). The third-order valence-corrected chi connectivity index (χ3v) is 2.97. The first-order valence-electron chi connectivity index (χ1n) is 5.17. The number of aliphatic hydroxyl groups is 1.